The fraction of sp³-hybridized carbons (Fsp3) is 0.625. The molecule has 0 heterocycles. The van der Waals surface area contributed by atoms with E-state index in [0.717, 1.165) is 24.2 Å². The Labute approximate surface area is 132 Å². The molecular weight excluding hydrogens is 308 g/mol. The maximum Gasteiger partial charge on any atom is 0.261 e. The third kappa shape index (κ3) is 4.36. The van der Waals surface area contributed by atoms with Gasteiger partial charge in [-0.15, -0.1) is 0 Å². The Morgan fingerprint density at radius 1 is 1.14 bits per heavy atom. The lowest BCUT2D eigenvalue weighted by molar-refractivity contribution is 0.152. The molecule has 5 heteroatoms. The van der Waals surface area contributed by atoms with Gasteiger partial charge in [-0.05, 0) is 49.3 Å². The van der Waals surface area contributed by atoms with Crippen LogP contribution in [0.2, 0.25) is 0 Å². The number of benzene rings is 1. The highest BCUT2D eigenvalue weighted by Gasteiger charge is 2.24. The summed E-state index contributed by atoms with van der Waals surface area (Å²) in [6.07, 6.45) is 6.04. The average Bonchev–Trinajstić information content (AvgIpc) is 2.38. The minimum absolute atomic E-state index is 0.130. The van der Waals surface area contributed by atoms with Crippen molar-refractivity contribution in [1.29, 1.82) is 0 Å². The first-order valence-electron chi connectivity index (χ1n) is 7.44. The molecule has 1 saturated carbocycles. The summed E-state index contributed by atoms with van der Waals surface area (Å²) in [6, 6.07) is 4.90. The van der Waals surface area contributed by atoms with E-state index in [4.69, 9.17) is 15.4 Å². The Morgan fingerprint density at radius 3 is 2.29 bits per heavy atom. The fourth-order valence-electron chi connectivity index (χ4n) is 2.71. The lowest BCUT2D eigenvalue weighted by Gasteiger charge is -2.28. The molecule has 0 aromatic heterocycles. The molecule has 1 fully saturated rings. The molecule has 21 heavy (non-hydrogen) atoms. The van der Waals surface area contributed by atoms with Crippen molar-refractivity contribution in [3.8, 4) is 5.75 Å². The van der Waals surface area contributed by atoms with Crippen LogP contribution >= 0.6 is 10.7 Å². The Morgan fingerprint density at radius 2 is 1.76 bits per heavy atom. The Balaban J connectivity index is 2.36. The molecule has 0 amide bonds. The number of hydrogen-bond donors (Lipinski definition) is 0. The van der Waals surface area contributed by atoms with Crippen LogP contribution in [0, 0.1) is 0 Å². The van der Waals surface area contributed by atoms with Gasteiger partial charge in [-0.25, -0.2) is 8.42 Å². The first-order chi connectivity index (χ1) is 9.68. The van der Waals surface area contributed by atoms with Crippen LogP contribution in [0.5, 0.6) is 5.75 Å². The molecular formula is C16H23ClO3S. The van der Waals surface area contributed by atoms with Gasteiger partial charge in [0.15, 0.2) is 0 Å². The summed E-state index contributed by atoms with van der Waals surface area (Å²) >= 11 is 0. The monoisotopic (exact) mass is 330 g/mol. The van der Waals surface area contributed by atoms with Crippen LogP contribution in [-0.4, -0.2) is 14.5 Å². The summed E-state index contributed by atoms with van der Waals surface area (Å²) in [6.45, 7) is 6.13. The van der Waals surface area contributed by atoms with E-state index in [1.54, 1.807) is 12.1 Å². The average molecular weight is 331 g/mol. The highest BCUT2D eigenvalue weighted by molar-refractivity contribution is 8.13. The molecule has 2 rings (SSSR count). The summed E-state index contributed by atoms with van der Waals surface area (Å²) in [4.78, 5) is 0.130. The van der Waals surface area contributed by atoms with Crippen molar-refractivity contribution in [3.05, 3.63) is 23.8 Å². The van der Waals surface area contributed by atoms with Gasteiger partial charge < -0.3 is 4.74 Å². The summed E-state index contributed by atoms with van der Waals surface area (Å²) in [5, 5.41) is 0. The van der Waals surface area contributed by atoms with Crippen molar-refractivity contribution in [3.63, 3.8) is 0 Å². The summed E-state index contributed by atoms with van der Waals surface area (Å²) in [5.74, 6) is 0.776. The second-order valence-electron chi connectivity index (χ2n) is 6.72. The van der Waals surface area contributed by atoms with Crippen molar-refractivity contribution >= 4 is 19.7 Å². The van der Waals surface area contributed by atoms with Gasteiger partial charge in [0.05, 0.1) is 11.0 Å². The predicted octanol–water partition coefficient (Wildman–Crippen LogP) is 4.62. The predicted molar refractivity (Wildman–Crippen MR) is 85.7 cm³/mol. The summed E-state index contributed by atoms with van der Waals surface area (Å²) < 4.78 is 29.2. The molecule has 0 unspecified atom stereocenters. The number of ether oxygens (including phenoxy) is 1. The molecule has 1 aliphatic rings. The van der Waals surface area contributed by atoms with E-state index in [1.807, 2.05) is 20.8 Å². The zero-order chi connectivity index (χ0) is 15.7. The molecule has 0 atom stereocenters. The zero-order valence-corrected chi connectivity index (χ0v) is 14.4. The third-order valence-corrected chi connectivity index (χ3v) is 5.24. The van der Waals surface area contributed by atoms with Crippen LogP contribution < -0.4 is 4.74 Å². The van der Waals surface area contributed by atoms with E-state index >= 15 is 0 Å². The van der Waals surface area contributed by atoms with Crippen molar-refractivity contribution < 1.29 is 13.2 Å². The topological polar surface area (TPSA) is 43.4 Å². The second kappa shape index (κ2) is 6.17. The van der Waals surface area contributed by atoms with Crippen LogP contribution in [0.1, 0.15) is 58.4 Å². The first kappa shape index (κ1) is 16.6. The maximum absolute atomic E-state index is 11.5. The van der Waals surface area contributed by atoms with Gasteiger partial charge in [0.1, 0.15) is 5.75 Å². The summed E-state index contributed by atoms with van der Waals surface area (Å²) in [7, 11) is 1.74. The Bertz CT molecular complexity index is 596. The van der Waals surface area contributed by atoms with Gasteiger partial charge in [0.25, 0.3) is 9.05 Å². The molecule has 1 aromatic rings. The quantitative estimate of drug-likeness (QED) is 0.759. The molecule has 118 valence electrons. The first-order valence-corrected chi connectivity index (χ1v) is 9.75. The van der Waals surface area contributed by atoms with Crippen molar-refractivity contribution in [2.24, 2.45) is 0 Å². The largest absolute Gasteiger partial charge is 0.490 e. The molecule has 0 radical (unpaired) electrons. The van der Waals surface area contributed by atoms with Crippen molar-refractivity contribution in [2.45, 2.75) is 69.3 Å². The van der Waals surface area contributed by atoms with Crippen LogP contribution in [0.4, 0.5) is 0 Å². The molecule has 1 aromatic carbocycles. The highest BCUT2D eigenvalue weighted by atomic mass is 35.7. The second-order valence-corrected chi connectivity index (χ2v) is 9.29. The molecule has 1 aliphatic carbocycles. The third-order valence-electron chi connectivity index (χ3n) is 3.89. The number of rotatable bonds is 3. The Kier molecular flexibility index (Phi) is 4.89. The van der Waals surface area contributed by atoms with Crippen LogP contribution in [0.25, 0.3) is 0 Å². The maximum atomic E-state index is 11.5. The smallest absolute Gasteiger partial charge is 0.261 e. The standard InChI is InChI=1S/C16H23ClO3S/c1-16(2,3)14-11-13(21(17,18)19)9-10-15(14)20-12-7-5-4-6-8-12/h9-12H,4-8H2,1-3H3. The molecule has 0 bridgehead atoms. The molecule has 0 aliphatic heterocycles. The lowest BCUT2D eigenvalue weighted by atomic mass is 9.86. The Hall–Kier alpha value is -0.740. The van der Waals surface area contributed by atoms with E-state index in [9.17, 15) is 8.42 Å². The van der Waals surface area contributed by atoms with E-state index in [1.165, 1.54) is 25.3 Å². The van der Waals surface area contributed by atoms with Crippen LogP contribution in [0.3, 0.4) is 0 Å². The van der Waals surface area contributed by atoms with E-state index in [0.29, 0.717) is 0 Å². The van der Waals surface area contributed by atoms with E-state index < -0.39 is 9.05 Å². The van der Waals surface area contributed by atoms with Crippen molar-refractivity contribution in [1.82, 2.24) is 0 Å². The van der Waals surface area contributed by atoms with E-state index in [2.05, 4.69) is 0 Å². The van der Waals surface area contributed by atoms with E-state index in [-0.39, 0.29) is 16.4 Å². The summed E-state index contributed by atoms with van der Waals surface area (Å²) in [5.41, 5.74) is 0.677. The lowest BCUT2D eigenvalue weighted by Crippen LogP contribution is -2.22. The van der Waals surface area contributed by atoms with Gasteiger partial charge in [0.2, 0.25) is 0 Å². The minimum atomic E-state index is -3.72. The van der Waals surface area contributed by atoms with Gasteiger partial charge >= 0.3 is 0 Å². The molecule has 0 N–H and O–H groups in total. The SMILES string of the molecule is CC(C)(C)c1cc(S(=O)(=O)Cl)ccc1OC1CCCCC1. The zero-order valence-electron chi connectivity index (χ0n) is 12.9. The molecule has 3 nitrogen and oxygen atoms in total. The van der Waals surface area contributed by atoms with Crippen molar-refractivity contribution in [2.75, 3.05) is 0 Å². The van der Waals surface area contributed by atoms with Crippen LogP contribution in [0.15, 0.2) is 23.1 Å². The van der Waals surface area contributed by atoms with Gasteiger partial charge in [-0.3, -0.25) is 0 Å². The normalized spacial score (nSPS) is 17.7. The number of hydrogen-bond acceptors (Lipinski definition) is 3. The molecule has 0 saturated heterocycles. The van der Waals surface area contributed by atoms with Gasteiger partial charge in [0, 0.05) is 16.2 Å². The number of halogens is 1. The highest BCUT2D eigenvalue weighted by Crippen LogP contribution is 2.36. The fourth-order valence-corrected chi connectivity index (χ4v) is 3.49. The van der Waals surface area contributed by atoms with Gasteiger partial charge in [-0.1, -0.05) is 27.2 Å². The van der Waals surface area contributed by atoms with Gasteiger partial charge in [-0.2, -0.15) is 0 Å². The molecule has 0 spiro atoms. The minimum Gasteiger partial charge on any atom is -0.490 e. The van der Waals surface area contributed by atoms with Crippen LogP contribution in [-0.2, 0) is 14.5 Å².